The van der Waals surface area contributed by atoms with Gasteiger partial charge in [-0.3, -0.25) is 4.90 Å². The number of rotatable bonds is 1. The van der Waals surface area contributed by atoms with Crippen LogP contribution in [0.2, 0.25) is 5.02 Å². The lowest BCUT2D eigenvalue weighted by Gasteiger charge is -2.43. The Morgan fingerprint density at radius 3 is 2.29 bits per heavy atom. The average molecular weight is 253 g/mol. The normalized spacial score (nSPS) is 26.3. The minimum absolute atomic E-state index is 0.582. The van der Waals surface area contributed by atoms with Crippen molar-refractivity contribution in [2.45, 2.75) is 32.9 Å². The molecule has 0 N–H and O–H groups in total. The Kier molecular flexibility index (Phi) is 3.64. The first kappa shape index (κ1) is 12.7. The van der Waals surface area contributed by atoms with Gasteiger partial charge in [-0.05, 0) is 45.5 Å². The molecule has 0 aromatic heterocycles. The number of hydrogen-bond donors (Lipinski definition) is 0. The van der Waals surface area contributed by atoms with Crippen molar-refractivity contribution in [3.63, 3.8) is 0 Å². The predicted molar refractivity (Wildman–Crippen MR) is 75.1 cm³/mol. The van der Waals surface area contributed by atoms with Crippen LogP contribution >= 0.6 is 11.6 Å². The quantitative estimate of drug-likeness (QED) is 0.758. The smallest absolute Gasteiger partial charge is 0.0455 e. The third-order valence-corrected chi connectivity index (χ3v) is 4.29. The first-order valence-electron chi connectivity index (χ1n) is 6.22. The summed E-state index contributed by atoms with van der Waals surface area (Å²) in [5.74, 6) is 0. The van der Waals surface area contributed by atoms with E-state index in [1.165, 1.54) is 5.69 Å². The van der Waals surface area contributed by atoms with E-state index in [4.69, 9.17) is 11.6 Å². The molecule has 2 atom stereocenters. The summed E-state index contributed by atoms with van der Waals surface area (Å²) in [4.78, 5) is 4.87. The Balaban J connectivity index is 2.20. The van der Waals surface area contributed by atoms with Gasteiger partial charge in [-0.1, -0.05) is 17.7 Å². The van der Waals surface area contributed by atoms with Crippen molar-refractivity contribution in [3.8, 4) is 0 Å². The minimum Gasteiger partial charge on any atom is -0.368 e. The molecule has 94 valence electrons. The summed E-state index contributed by atoms with van der Waals surface area (Å²) < 4.78 is 0. The van der Waals surface area contributed by atoms with E-state index in [0.29, 0.717) is 12.1 Å². The zero-order valence-corrected chi connectivity index (χ0v) is 11.8. The number of anilines is 1. The van der Waals surface area contributed by atoms with Crippen molar-refractivity contribution in [1.82, 2.24) is 4.90 Å². The highest BCUT2D eigenvalue weighted by Crippen LogP contribution is 2.26. The summed E-state index contributed by atoms with van der Waals surface area (Å²) in [6, 6.07) is 7.52. The second-order valence-electron chi connectivity index (χ2n) is 5.20. The highest BCUT2D eigenvalue weighted by molar-refractivity contribution is 6.31. The van der Waals surface area contributed by atoms with Gasteiger partial charge in [-0.2, -0.15) is 0 Å². The van der Waals surface area contributed by atoms with Crippen LogP contribution in [-0.4, -0.2) is 37.1 Å². The van der Waals surface area contributed by atoms with Gasteiger partial charge in [-0.25, -0.2) is 0 Å². The maximum Gasteiger partial charge on any atom is 0.0455 e. The molecule has 0 saturated carbocycles. The molecular weight excluding hydrogens is 232 g/mol. The van der Waals surface area contributed by atoms with Crippen molar-refractivity contribution >= 4 is 17.3 Å². The number of likely N-dealkylation sites (N-methyl/N-ethyl adjacent to an activating group) is 1. The highest BCUT2D eigenvalue weighted by Gasteiger charge is 2.26. The number of nitrogens with zero attached hydrogens (tertiary/aromatic N) is 2. The van der Waals surface area contributed by atoms with Crippen LogP contribution in [0.3, 0.4) is 0 Å². The fraction of sp³-hybridized carbons (Fsp3) is 0.571. The SMILES string of the molecule is Cc1ccc(N2C[C@@H](C)N(C)[C@@H](C)C2)cc1Cl. The number of benzene rings is 1. The van der Waals surface area contributed by atoms with Crippen LogP contribution in [0, 0.1) is 6.92 Å². The lowest BCUT2D eigenvalue weighted by molar-refractivity contribution is 0.170. The summed E-state index contributed by atoms with van der Waals surface area (Å²) in [5.41, 5.74) is 2.39. The van der Waals surface area contributed by atoms with Gasteiger partial charge in [0, 0.05) is 35.9 Å². The van der Waals surface area contributed by atoms with Crippen LogP contribution in [0.4, 0.5) is 5.69 Å². The number of halogens is 1. The third-order valence-electron chi connectivity index (χ3n) is 3.88. The molecule has 0 unspecified atom stereocenters. The third kappa shape index (κ3) is 2.58. The number of hydrogen-bond acceptors (Lipinski definition) is 2. The topological polar surface area (TPSA) is 6.48 Å². The molecule has 0 bridgehead atoms. The van der Waals surface area contributed by atoms with Gasteiger partial charge in [-0.15, -0.1) is 0 Å². The zero-order valence-electron chi connectivity index (χ0n) is 11.1. The van der Waals surface area contributed by atoms with Gasteiger partial charge in [0.1, 0.15) is 0 Å². The second kappa shape index (κ2) is 4.87. The molecule has 0 amide bonds. The van der Waals surface area contributed by atoms with Crippen molar-refractivity contribution < 1.29 is 0 Å². The standard InChI is InChI=1S/C14H21ClN2/c1-10-5-6-13(7-14(10)15)17-8-11(2)16(4)12(3)9-17/h5-7,11-12H,8-9H2,1-4H3/t11-,12+. The Morgan fingerprint density at radius 2 is 1.76 bits per heavy atom. The fourth-order valence-electron chi connectivity index (χ4n) is 2.39. The monoisotopic (exact) mass is 252 g/mol. The largest absolute Gasteiger partial charge is 0.368 e. The van der Waals surface area contributed by atoms with Crippen LogP contribution in [0.15, 0.2) is 18.2 Å². The van der Waals surface area contributed by atoms with E-state index in [1.54, 1.807) is 0 Å². The number of aryl methyl sites for hydroxylation is 1. The van der Waals surface area contributed by atoms with Gasteiger partial charge in [0.05, 0.1) is 0 Å². The summed E-state index contributed by atoms with van der Waals surface area (Å²) in [6.07, 6.45) is 0. The summed E-state index contributed by atoms with van der Waals surface area (Å²) in [5, 5.41) is 0.863. The maximum absolute atomic E-state index is 6.20. The van der Waals surface area contributed by atoms with Crippen molar-refractivity contribution in [3.05, 3.63) is 28.8 Å². The van der Waals surface area contributed by atoms with Gasteiger partial charge < -0.3 is 4.90 Å². The maximum atomic E-state index is 6.20. The molecule has 1 saturated heterocycles. The summed E-state index contributed by atoms with van der Waals surface area (Å²) >= 11 is 6.20. The van der Waals surface area contributed by atoms with Crippen LogP contribution in [0.5, 0.6) is 0 Å². The molecule has 2 rings (SSSR count). The first-order valence-corrected chi connectivity index (χ1v) is 6.60. The van der Waals surface area contributed by atoms with Gasteiger partial charge >= 0.3 is 0 Å². The van der Waals surface area contributed by atoms with E-state index in [9.17, 15) is 0 Å². The van der Waals surface area contributed by atoms with Crippen LogP contribution in [0.25, 0.3) is 0 Å². The number of piperazine rings is 1. The molecule has 1 aromatic carbocycles. The molecule has 2 nitrogen and oxygen atoms in total. The Bertz CT molecular complexity index is 393. The molecule has 3 heteroatoms. The Morgan fingerprint density at radius 1 is 1.18 bits per heavy atom. The van der Waals surface area contributed by atoms with E-state index in [-0.39, 0.29) is 0 Å². The zero-order chi connectivity index (χ0) is 12.6. The predicted octanol–water partition coefficient (Wildman–Crippen LogP) is 3.18. The Hall–Kier alpha value is -0.730. The molecule has 0 spiro atoms. The minimum atomic E-state index is 0.582. The summed E-state index contributed by atoms with van der Waals surface area (Å²) in [7, 11) is 2.20. The molecule has 1 heterocycles. The molecule has 0 radical (unpaired) electrons. The molecular formula is C14H21ClN2. The van der Waals surface area contributed by atoms with Gasteiger partial charge in [0.25, 0.3) is 0 Å². The van der Waals surface area contributed by atoms with Crippen LogP contribution in [0.1, 0.15) is 19.4 Å². The average Bonchev–Trinajstić information content (AvgIpc) is 2.29. The van der Waals surface area contributed by atoms with E-state index < -0.39 is 0 Å². The second-order valence-corrected chi connectivity index (χ2v) is 5.61. The lowest BCUT2D eigenvalue weighted by Crippen LogP contribution is -2.55. The van der Waals surface area contributed by atoms with E-state index >= 15 is 0 Å². The van der Waals surface area contributed by atoms with Gasteiger partial charge in [0.2, 0.25) is 0 Å². The van der Waals surface area contributed by atoms with E-state index in [1.807, 2.05) is 6.92 Å². The first-order chi connectivity index (χ1) is 7.99. The molecule has 1 fully saturated rings. The molecule has 17 heavy (non-hydrogen) atoms. The molecule has 0 aliphatic carbocycles. The Labute approximate surface area is 109 Å². The van der Waals surface area contributed by atoms with E-state index in [0.717, 1.165) is 23.7 Å². The molecule has 1 aromatic rings. The summed E-state index contributed by atoms with van der Waals surface area (Å²) in [6.45, 7) is 8.73. The lowest BCUT2D eigenvalue weighted by atomic mass is 10.1. The van der Waals surface area contributed by atoms with Crippen molar-refractivity contribution in [2.24, 2.45) is 0 Å². The van der Waals surface area contributed by atoms with Crippen molar-refractivity contribution in [2.75, 3.05) is 25.0 Å². The molecule has 1 aliphatic heterocycles. The van der Waals surface area contributed by atoms with Gasteiger partial charge in [0.15, 0.2) is 0 Å². The highest BCUT2D eigenvalue weighted by atomic mass is 35.5. The fourth-order valence-corrected chi connectivity index (χ4v) is 2.57. The van der Waals surface area contributed by atoms with Crippen molar-refractivity contribution in [1.29, 1.82) is 0 Å². The molecule has 1 aliphatic rings. The van der Waals surface area contributed by atoms with E-state index in [2.05, 4.69) is 48.9 Å². The van der Waals surface area contributed by atoms with Crippen LogP contribution in [-0.2, 0) is 0 Å². The van der Waals surface area contributed by atoms with Crippen LogP contribution < -0.4 is 4.90 Å².